The first-order chi connectivity index (χ1) is 14.6. The standard InChI is InChI=1S/C22H33F2N3O3S/c1-15(2)31(28,29)27-9-6-22(7-10-27)5-8-26(14-22)17-12-20(25)21(30-13-17)18-11-16(23)3-4-19(18)24/h3-4,11,15,17,20-21H,5-10,12-14,25H2,1-2H3. The number of hydrogen-bond donors (Lipinski definition) is 1. The number of ether oxygens (including phenoxy) is 1. The fourth-order valence-electron chi connectivity index (χ4n) is 5.35. The maximum absolute atomic E-state index is 14.2. The van der Waals surface area contributed by atoms with Crippen LogP contribution in [-0.2, 0) is 14.8 Å². The molecular formula is C22H33F2N3O3S. The maximum atomic E-state index is 14.2. The highest BCUT2D eigenvalue weighted by Crippen LogP contribution is 2.43. The molecule has 2 N–H and O–H groups in total. The fourth-order valence-corrected chi connectivity index (χ4v) is 6.64. The Labute approximate surface area is 183 Å². The van der Waals surface area contributed by atoms with E-state index in [0.717, 1.165) is 44.5 Å². The lowest BCUT2D eigenvalue weighted by Crippen LogP contribution is -2.50. The van der Waals surface area contributed by atoms with Gasteiger partial charge in [-0.1, -0.05) is 0 Å². The molecule has 0 saturated carbocycles. The van der Waals surface area contributed by atoms with Crippen LogP contribution in [0.4, 0.5) is 8.78 Å². The molecule has 1 spiro atoms. The van der Waals surface area contributed by atoms with E-state index in [9.17, 15) is 17.2 Å². The molecule has 6 nitrogen and oxygen atoms in total. The van der Waals surface area contributed by atoms with Gasteiger partial charge in [-0.05, 0) is 69.7 Å². The van der Waals surface area contributed by atoms with Crippen LogP contribution in [0, 0.1) is 17.0 Å². The molecule has 0 amide bonds. The van der Waals surface area contributed by atoms with Gasteiger partial charge < -0.3 is 10.5 Å². The molecular weight excluding hydrogens is 424 g/mol. The summed E-state index contributed by atoms with van der Waals surface area (Å²) < 4.78 is 60.3. The van der Waals surface area contributed by atoms with E-state index in [1.807, 2.05) is 0 Å². The van der Waals surface area contributed by atoms with Crippen molar-refractivity contribution in [2.75, 3.05) is 32.8 Å². The quantitative estimate of drug-likeness (QED) is 0.752. The molecule has 1 aromatic rings. The number of sulfonamides is 1. The molecule has 4 rings (SSSR count). The topological polar surface area (TPSA) is 75.9 Å². The van der Waals surface area contributed by atoms with E-state index in [0.29, 0.717) is 26.1 Å². The van der Waals surface area contributed by atoms with Gasteiger partial charge in [0.1, 0.15) is 17.7 Å². The van der Waals surface area contributed by atoms with Crippen LogP contribution >= 0.6 is 0 Å². The Balaban J connectivity index is 1.35. The number of rotatable bonds is 4. The zero-order valence-electron chi connectivity index (χ0n) is 18.3. The molecule has 0 aliphatic carbocycles. The molecule has 3 fully saturated rings. The Kier molecular flexibility index (Phi) is 6.44. The first-order valence-electron chi connectivity index (χ1n) is 11.2. The Bertz CT molecular complexity index is 903. The summed E-state index contributed by atoms with van der Waals surface area (Å²) >= 11 is 0. The van der Waals surface area contributed by atoms with Gasteiger partial charge in [-0.3, -0.25) is 4.90 Å². The van der Waals surface area contributed by atoms with E-state index in [2.05, 4.69) is 4.90 Å². The number of piperidine rings is 1. The summed E-state index contributed by atoms with van der Waals surface area (Å²) in [4.78, 5) is 2.39. The van der Waals surface area contributed by atoms with Crippen LogP contribution in [0.25, 0.3) is 0 Å². The lowest BCUT2D eigenvalue weighted by atomic mass is 9.78. The predicted molar refractivity (Wildman–Crippen MR) is 115 cm³/mol. The molecule has 3 heterocycles. The lowest BCUT2D eigenvalue weighted by Gasteiger charge is -2.42. The van der Waals surface area contributed by atoms with Crippen molar-refractivity contribution in [3.8, 4) is 0 Å². The van der Waals surface area contributed by atoms with Crippen LogP contribution in [-0.4, -0.2) is 67.7 Å². The maximum Gasteiger partial charge on any atom is 0.216 e. The normalized spacial score (nSPS) is 30.3. The van der Waals surface area contributed by atoms with E-state index in [4.69, 9.17) is 10.5 Å². The van der Waals surface area contributed by atoms with Crippen molar-refractivity contribution in [1.82, 2.24) is 9.21 Å². The Hall–Kier alpha value is -1.13. The summed E-state index contributed by atoms with van der Waals surface area (Å²) in [5, 5.41) is -0.390. The highest BCUT2D eigenvalue weighted by atomic mass is 32.2. The van der Waals surface area contributed by atoms with Crippen molar-refractivity contribution < 1.29 is 21.9 Å². The second-order valence-corrected chi connectivity index (χ2v) is 12.2. The van der Waals surface area contributed by atoms with Crippen molar-refractivity contribution in [3.05, 3.63) is 35.4 Å². The van der Waals surface area contributed by atoms with E-state index >= 15 is 0 Å². The second-order valence-electron chi connectivity index (χ2n) is 9.69. The number of nitrogens with two attached hydrogens (primary N) is 1. The van der Waals surface area contributed by atoms with Crippen LogP contribution in [0.5, 0.6) is 0 Å². The third kappa shape index (κ3) is 4.53. The molecule has 3 unspecified atom stereocenters. The average Bonchev–Trinajstić information content (AvgIpc) is 3.13. The SMILES string of the molecule is CC(C)S(=O)(=O)N1CCC2(CCN(C3COC(c4cc(F)ccc4F)C(N)C3)C2)CC1. The number of nitrogens with zero attached hydrogens (tertiary/aromatic N) is 2. The van der Waals surface area contributed by atoms with Crippen molar-refractivity contribution >= 4 is 10.0 Å². The third-order valence-corrected chi connectivity index (χ3v) is 9.67. The fraction of sp³-hybridized carbons (Fsp3) is 0.727. The molecule has 31 heavy (non-hydrogen) atoms. The molecule has 9 heteroatoms. The van der Waals surface area contributed by atoms with Gasteiger partial charge in [-0.2, -0.15) is 0 Å². The van der Waals surface area contributed by atoms with Crippen LogP contribution in [0.1, 0.15) is 51.2 Å². The third-order valence-electron chi connectivity index (χ3n) is 7.39. The smallest absolute Gasteiger partial charge is 0.216 e. The van der Waals surface area contributed by atoms with E-state index in [1.54, 1.807) is 18.2 Å². The van der Waals surface area contributed by atoms with Crippen LogP contribution in [0.2, 0.25) is 0 Å². The number of hydrogen-bond acceptors (Lipinski definition) is 5. The zero-order valence-corrected chi connectivity index (χ0v) is 19.1. The van der Waals surface area contributed by atoms with Gasteiger partial charge in [0.25, 0.3) is 0 Å². The summed E-state index contributed by atoms with van der Waals surface area (Å²) in [6.07, 6.45) is 2.78. The molecule has 3 atom stereocenters. The first kappa shape index (κ1) is 23.0. The van der Waals surface area contributed by atoms with Crippen LogP contribution in [0.3, 0.4) is 0 Å². The summed E-state index contributed by atoms with van der Waals surface area (Å²) in [5.74, 6) is -0.995. The van der Waals surface area contributed by atoms with E-state index < -0.39 is 39.1 Å². The highest BCUT2D eigenvalue weighted by Gasteiger charge is 2.46. The van der Waals surface area contributed by atoms with Gasteiger partial charge in [0.2, 0.25) is 10.0 Å². The predicted octanol–water partition coefficient (Wildman–Crippen LogP) is 2.65. The van der Waals surface area contributed by atoms with E-state index in [-0.39, 0.29) is 17.0 Å². The lowest BCUT2D eigenvalue weighted by molar-refractivity contribution is -0.0497. The van der Waals surface area contributed by atoms with Crippen molar-refractivity contribution in [3.63, 3.8) is 0 Å². The Morgan fingerprint density at radius 2 is 1.84 bits per heavy atom. The largest absolute Gasteiger partial charge is 0.370 e. The number of benzene rings is 1. The van der Waals surface area contributed by atoms with E-state index in [1.165, 1.54) is 6.07 Å². The van der Waals surface area contributed by atoms with Gasteiger partial charge in [-0.15, -0.1) is 0 Å². The monoisotopic (exact) mass is 457 g/mol. The minimum absolute atomic E-state index is 0.138. The molecule has 3 aliphatic heterocycles. The van der Waals surface area contributed by atoms with Gasteiger partial charge in [-0.25, -0.2) is 21.5 Å². The minimum Gasteiger partial charge on any atom is -0.370 e. The Morgan fingerprint density at radius 1 is 1.16 bits per heavy atom. The second kappa shape index (κ2) is 8.67. The average molecular weight is 458 g/mol. The van der Waals surface area contributed by atoms with Crippen molar-refractivity contribution in [1.29, 1.82) is 0 Å². The van der Waals surface area contributed by atoms with Gasteiger partial charge in [0, 0.05) is 37.3 Å². The molecule has 3 saturated heterocycles. The number of likely N-dealkylation sites (tertiary alicyclic amines) is 1. The summed E-state index contributed by atoms with van der Waals surface area (Å²) in [6, 6.07) is 3.11. The highest BCUT2D eigenvalue weighted by molar-refractivity contribution is 7.89. The molecule has 0 bridgehead atoms. The van der Waals surface area contributed by atoms with Crippen LogP contribution < -0.4 is 5.73 Å². The minimum atomic E-state index is -3.20. The molecule has 0 radical (unpaired) electrons. The Morgan fingerprint density at radius 3 is 2.48 bits per heavy atom. The molecule has 174 valence electrons. The summed E-state index contributed by atoms with van der Waals surface area (Å²) in [5.41, 5.74) is 6.66. The van der Waals surface area contributed by atoms with Gasteiger partial charge >= 0.3 is 0 Å². The van der Waals surface area contributed by atoms with Crippen molar-refractivity contribution in [2.45, 2.75) is 63.0 Å². The summed E-state index contributed by atoms with van der Waals surface area (Å²) in [6.45, 7) is 6.88. The zero-order chi connectivity index (χ0) is 22.4. The van der Waals surface area contributed by atoms with Crippen LogP contribution in [0.15, 0.2) is 18.2 Å². The molecule has 0 aromatic heterocycles. The van der Waals surface area contributed by atoms with Gasteiger partial charge in [0.15, 0.2) is 0 Å². The van der Waals surface area contributed by atoms with Gasteiger partial charge in [0.05, 0.1) is 11.9 Å². The first-order valence-corrected chi connectivity index (χ1v) is 12.7. The number of halogens is 2. The molecule has 1 aromatic carbocycles. The van der Waals surface area contributed by atoms with Crippen molar-refractivity contribution in [2.24, 2.45) is 11.1 Å². The molecule has 3 aliphatic rings. The summed E-state index contributed by atoms with van der Waals surface area (Å²) in [7, 11) is -3.20.